The summed E-state index contributed by atoms with van der Waals surface area (Å²) in [4.78, 5) is 16.0. The number of nitrogens with one attached hydrogen (secondary N) is 1. The Bertz CT molecular complexity index is 745. The van der Waals surface area contributed by atoms with Crippen LogP contribution in [0.15, 0.2) is 39.8 Å². The first-order valence-electron chi connectivity index (χ1n) is 8.44. The van der Waals surface area contributed by atoms with Crippen molar-refractivity contribution in [3.63, 3.8) is 0 Å². The Kier molecular flexibility index (Phi) is 4.22. The first kappa shape index (κ1) is 15.6. The zero-order chi connectivity index (χ0) is 16.5. The second-order valence-corrected chi connectivity index (χ2v) is 7.54. The lowest BCUT2D eigenvalue weighted by molar-refractivity contribution is 0.178. The molecule has 2 aliphatic rings. The number of rotatable bonds is 2. The third-order valence-corrected chi connectivity index (χ3v) is 5.87. The Hall–Kier alpha value is -1.95. The molecule has 2 amide bonds. The number of carbonyl (C=O) groups is 1. The molecule has 2 atom stereocenters. The van der Waals surface area contributed by atoms with Gasteiger partial charge in [-0.15, -0.1) is 11.8 Å². The molecule has 3 heterocycles. The minimum absolute atomic E-state index is 0.000547. The summed E-state index contributed by atoms with van der Waals surface area (Å²) in [6, 6.07) is 10.4. The van der Waals surface area contributed by atoms with E-state index in [9.17, 15) is 4.79 Å². The van der Waals surface area contributed by atoms with Crippen LogP contribution in [0.25, 0.3) is 0 Å². The molecule has 1 fully saturated rings. The highest BCUT2D eigenvalue weighted by atomic mass is 32.2. The molecule has 2 aliphatic heterocycles. The third-order valence-electron chi connectivity index (χ3n) is 4.74. The number of hydrogen-bond acceptors (Lipinski definition) is 4. The van der Waals surface area contributed by atoms with Gasteiger partial charge in [-0.1, -0.05) is 23.4 Å². The number of fused-ring (bicyclic) bond motifs is 1. The highest BCUT2D eigenvalue weighted by Gasteiger charge is 2.34. The van der Waals surface area contributed by atoms with Gasteiger partial charge in [0.05, 0.1) is 17.8 Å². The Balaban J connectivity index is 1.50. The standard InChI is InChI=1S/C18H21N3O2S/c1-12-11-16(23-20-12)15-6-4-9-21(15)18(22)19-14-8-10-24-17-7-3-2-5-13(14)17/h2-3,5,7,11,14-15H,4,6,8-10H2,1H3,(H,19,22)/t14-,15-/m0/s1. The molecule has 4 rings (SSSR count). The van der Waals surface area contributed by atoms with E-state index >= 15 is 0 Å². The number of aromatic nitrogens is 1. The van der Waals surface area contributed by atoms with E-state index in [2.05, 4.69) is 28.7 Å². The van der Waals surface area contributed by atoms with Gasteiger partial charge in [0.2, 0.25) is 0 Å². The van der Waals surface area contributed by atoms with Crippen LogP contribution >= 0.6 is 11.8 Å². The van der Waals surface area contributed by atoms with Gasteiger partial charge < -0.3 is 14.7 Å². The van der Waals surface area contributed by atoms with Gasteiger partial charge in [-0.3, -0.25) is 0 Å². The number of aryl methyl sites for hydroxylation is 1. The number of carbonyl (C=O) groups excluding carboxylic acids is 1. The van der Waals surface area contributed by atoms with Gasteiger partial charge in [0.25, 0.3) is 0 Å². The van der Waals surface area contributed by atoms with Gasteiger partial charge in [-0.2, -0.15) is 0 Å². The minimum Gasteiger partial charge on any atom is -0.359 e. The lowest BCUT2D eigenvalue weighted by Crippen LogP contribution is -2.41. The van der Waals surface area contributed by atoms with Gasteiger partial charge in [0.15, 0.2) is 5.76 Å². The molecule has 1 N–H and O–H groups in total. The number of benzene rings is 1. The summed E-state index contributed by atoms with van der Waals surface area (Å²) in [5.41, 5.74) is 2.09. The summed E-state index contributed by atoms with van der Waals surface area (Å²) >= 11 is 1.86. The average molecular weight is 343 g/mol. The van der Waals surface area contributed by atoms with E-state index < -0.39 is 0 Å². The van der Waals surface area contributed by atoms with Crippen molar-refractivity contribution < 1.29 is 9.32 Å². The van der Waals surface area contributed by atoms with E-state index in [-0.39, 0.29) is 18.1 Å². The topological polar surface area (TPSA) is 58.4 Å². The molecule has 0 spiro atoms. The SMILES string of the molecule is Cc1cc([C@@H]2CCCN2C(=O)N[C@H]2CCSc3ccccc32)on1. The number of urea groups is 1. The summed E-state index contributed by atoms with van der Waals surface area (Å²) in [6.07, 6.45) is 2.89. The number of likely N-dealkylation sites (tertiary alicyclic amines) is 1. The van der Waals surface area contributed by atoms with Crippen LogP contribution in [0.1, 0.15) is 48.4 Å². The summed E-state index contributed by atoms with van der Waals surface area (Å²) < 4.78 is 5.40. The molecule has 0 unspecified atom stereocenters. The fourth-order valence-electron chi connectivity index (χ4n) is 3.57. The van der Waals surface area contributed by atoms with Gasteiger partial charge >= 0.3 is 6.03 Å². The summed E-state index contributed by atoms with van der Waals surface area (Å²) in [7, 11) is 0. The fourth-order valence-corrected chi connectivity index (χ4v) is 4.70. The molecule has 5 nitrogen and oxygen atoms in total. The Morgan fingerprint density at radius 2 is 2.25 bits per heavy atom. The molecule has 0 radical (unpaired) electrons. The molecule has 0 saturated carbocycles. The molecule has 0 aliphatic carbocycles. The van der Waals surface area contributed by atoms with Crippen molar-refractivity contribution in [2.75, 3.05) is 12.3 Å². The normalized spacial score (nSPS) is 23.1. The Morgan fingerprint density at radius 1 is 1.38 bits per heavy atom. The molecular formula is C18H21N3O2S. The fraction of sp³-hybridized carbons (Fsp3) is 0.444. The van der Waals surface area contributed by atoms with Crippen molar-refractivity contribution >= 4 is 17.8 Å². The van der Waals surface area contributed by atoms with Crippen LogP contribution in [0, 0.1) is 6.92 Å². The van der Waals surface area contributed by atoms with Gasteiger partial charge in [-0.25, -0.2) is 4.79 Å². The number of hydrogen-bond donors (Lipinski definition) is 1. The van der Waals surface area contributed by atoms with Crippen LogP contribution < -0.4 is 5.32 Å². The van der Waals surface area contributed by atoms with E-state index in [0.29, 0.717) is 0 Å². The maximum absolute atomic E-state index is 12.9. The third kappa shape index (κ3) is 2.90. The summed E-state index contributed by atoms with van der Waals surface area (Å²) in [5.74, 6) is 1.83. The van der Waals surface area contributed by atoms with Crippen LogP contribution in [0.2, 0.25) is 0 Å². The van der Waals surface area contributed by atoms with Crippen LogP contribution in [0.5, 0.6) is 0 Å². The van der Waals surface area contributed by atoms with Crippen LogP contribution in [-0.2, 0) is 0 Å². The molecule has 24 heavy (non-hydrogen) atoms. The second-order valence-electron chi connectivity index (χ2n) is 6.40. The van der Waals surface area contributed by atoms with E-state index in [1.54, 1.807) is 0 Å². The predicted octanol–water partition coefficient (Wildman–Crippen LogP) is 4.07. The molecule has 1 saturated heterocycles. The van der Waals surface area contributed by atoms with Crippen molar-refractivity contribution in [2.24, 2.45) is 0 Å². The predicted molar refractivity (Wildman–Crippen MR) is 93.0 cm³/mol. The average Bonchev–Trinajstić information content (AvgIpc) is 3.24. The van der Waals surface area contributed by atoms with Crippen LogP contribution in [-0.4, -0.2) is 28.4 Å². The summed E-state index contributed by atoms with van der Waals surface area (Å²) in [6.45, 7) is 2.67. The van der Waals surface area contributed by atoms with Crippen LogP contribution in [0.4, 0.5) is 4.79 Å². The van der Waals surface area contributed by atoms with E-state index in [0.717, 1.165) is 43.0 Å². The van der Waals surface area contributed by atoms with Crippen molar-refractivity contribution in [3.05, 3.63) is 47.3 Å². The highest BCUT2D eigenvalue weighted by Crippen LogP contribution is 2.37. The second kappa shape index (κ2) is 6.51. The lowest BCUT2D eigenvalue weighted by atomic mass is 10.0. The molecule has 0 bridgehead atoms. The molecule has 2 aromatic rings. The quantitative estimate of drug-likeness (QED) is 0.893. The van der Waals surface area contributed by atoms with Crippen molar-refractivity contribution in [1.29, 1.82) is 0 Å². The molecule has 1 aromatic heterocycles. The number of thioether (sulfide) groups is 1. The first-order valence-corrected chi connectivity index (χ1v) is 9.43. The molecule has 1 aromatic carbocycles. The smallest absolute Gasteiger partial charge is 0.318 e. The maximum atomic E-state index is 12.9. The van der Waals surface area contributed by atoms with Crippen molar-refractivity contribution in [3.8, 4) is 0 Å². The molecule has 6 heteroatoms. The number of nitrogens with zero attached hydrogens (tertiary/aromatic N) is 2. The van der Waals surface area contributed by atoms with E-state index in [4.69, 9.17) is 4.52 Å². The van der Waals surface area contributed by atoms with Gasteiger partial charge in [-0.05, 0) is 37.8 Å². The zero-order valence-corrected chi connectivity index (χ0v) is 14.5. The molecule has 126 valence electrons. The Morgan fingerprint density at radius 3 is 3.08 bits per heavy atom. The number of amides is 2. The van der Waals surface area contributed by atoms with E-state index in [1.807, 2.05) is 35.7 Å². The monoisotopic (exact) mass is 343 g/mol. The molecular weight excluding hydrogens is 322 g/mol. The maximum Gasteiger partial charge on any atom is 0.318 e. The van der Waals surface area contributed by atoms with Crippen LogP contribution in [0.3, 0.4) is 0 Å². The summed E-state index contributed by atoms with van der Waals surface area (Å²) in [5, 5.41) is 7.20. The van der Waals surface area contributed by atoms with E-state index in [1.165, 1.54) is 10.5 Å². The largest absolute Gasteiger partial charge is 0.359 e. The van der Waals surface area contributed by atoms with Gasteiger partial charge in [0.1, 0.15) is 0 Å². The highest BCUT2D eigenvalue weighted by molar-refractivity contribution is 7.99. The zero-order valence-electron chi connectivity index (χ0n) is 13.7. The Labute approximate surface area is 145 Å². The van der Waals surface area contributed by atoms with Gasteiger partial charge in [0, 0.05) is 23.3 Å². The lowest BCUT2D eigenvalue weighted by Gasteiger charge is -2.30. The van der Waals surface area contributed by atoms with Crippen molar-refractivity contribution in [1.82, 2.24) is 15.4 Å². The van der Waals surface area contributed by atoms with Crippen molar-refractivity contribution in [2.45, 2.75) is 43.2 Å². The first-order chi connectivity index (χ1) is 11.7. The minimum atomic E-state index is -0.00161.